The highest BCUT2D eigenvalue weighted by Gasteiger charge is 2.12. The quantitative estimate of drug-likeness (QED) is 0.340. The predicted molar refractivity (Wildman–Crippen MR) is 88.9 cm³/mol. The standard InChI is InChI=1S/C15H10FN5O2S/c16-13-4-2-1-3-12(13)14-18-19-15(24)20(14)17-9-10-5-7-11(8-6-10)21(22)23/h1-9H,(H,19,24)/b17-9+. The SMILES string of the molecule is O=[N+]([O-])c1ccc(/C=N/n2c(-c3ccccc3F)n[nH]c2=S)cc1. The second-order valence-corrected chi connectivity index (χ2v) is 5.12. The molecular formula is C15H10FN5O2S. The van der Waals surface area contributed by atoms with E-state index in [0.717, 1.165) is 0 Å². The lowest BCUT2D eigenvalue weighted by molar-refractivity contribution is -0.384. The molecule has 0 aliphatic rings. The largest absolute Gasteiger partial charge is 0.269 e. The van der Waals surface area contributed by atoms with E-state index in [-0.39, 0.29) is 21.8 Å². The van der Waals surface area contributed by atoms with Gasteiger partial charge in [0.25, 0.3) is 5.69 Å². The molecule has 0 radical (unpaired) electrons. The Balaban J connectivity index is 1.96. The first-order valence-corrected chi connectivity index (χ1v) is 7.18. The minimum absolute atomic E-state index is 0.0147. The van der Waals surface area contributed by atoms with Gasteiger partial charge in [-0.2, -0.15) is 14.9 Å². The molecule has 3 aromatic rings. The highest BCUT2D eigenvalue weighted by Crippen LogP contribution is 2.20. The van der Waals surface area contributed by atoms with Crippen molar-refractivity contribution in [3.05, 3.63) is 74.8 Å². The van der Waals surface area contributed by atoms with Crippen LogP contribution in [0.3, 0.4) is 0 Å². The van der Waals surface area contributed by atoms with Gasteiger partial charge >= 0.3 is 0 Å². The van der Waals surface area contributed by atoms with Gasteiger partial charge in [-0.3, -0.25) is 10.1 Å². The molecule has 0 atom stereocenters. The third-order valence-corrected chi connectivity index (χ3v) is 3.46. The second kappa shape index (κ2) is 6.50. The Bertz CT molecular complexity index is 978. The molecule has 1 heterocycles. The van der Waals surface area contributed by atoms with E-state index in [1.807, 2.05) is 0 Å². The van der Waals surface area contributed by atoms with Gasteiger partial charge in [0.2, 0.25) is 4.77 Å². The van der Waals surface area contributed by atoms with Gasteiger partial charge in [-0.25, -0.2) is 9.49 Å². The number of benzene rings is 2. The Morgan fingerprint density at radius 3 is 2.62 bits per heavy atom. The lowest BCUT2D eigenvalue weighted by atomic mass is 10.2. The van der Waals surface area contributed by atoms with E-state index in [1.54, 1.807) is 30.3 Å². The van der Waals surface area contributed by atoms with Crippen molar-refractivity contribution >= 4 is 24.1 Å². The van der Waals surface area contributed by atoms with E-state index in [0.29, 0.717) is 5.56 Å². The van der Waals surface area contributed by atoms with Crippen molar-refractivity contribution in [2.24, 2.45) is 5.10 Å². The number of nitrogens with one attached hydrogen (secondary N) is 1. The van der Waals surface area contributed by atoms with E-state index < -0.39 is 10.7 Å². The van der Waals surface area contributed by atoms with Crippen LogP contribution in [0.5, 0.6) is 0 Å². The second-order valence-electron chi connectivity index (χ2n) is 4.74. The summed E-state index contributed by atoms with van der Waals surface area (Å²) in [5, 5.41) is 21.4. The van der Waals surface area contributed by atoms with Crippen LogP contribution >= 0.6 is 12.2 Å². The van der Waals surface area contributed by atoms with E-state index in [4.69, 9.17) is 12.2 Å². The van der Waals surface area contributed by atoms with Crippen molar-refractivity contribution in [3.63, 3.8) is 0 Å². The van der Waals surface area contributed by atoms with Crippen molar-refractivity contribution in [3.8, 4) is 11.4 Å². The summed E-state index contributed by atoms with van der Waals surface area (Å²) in [6.45, 7) is 0. The number of aromatic nitrogens is 3. The molecule has 0 saturated heterocycles. The molecule has 3 rings (SSSR count). The minimum Gasteiger partial charge on any atom is -0.258 e. The van der Waals surface area contributed by atoms with Gasteiger partial charge in [-0.05, 0) is 42.0 Å². The summed E-state index contributed by atoms with van der Waals surface area (Å²) < 4.78 is 15.4. The van der Waals surface area contributed by atoms with Crippen LogP contribution in [0, 0.1) is 20.7 Å². The molecule has 0 unspecified atom stereocenters. The molecule has 7 nitrogen and oxygen atoms in total. The summed E-state index contributed by atoms with van der Waals surface area (Å²) in [7, 11) is 0. The van der Waals surface area contributed by atoms with Gasteiger partial charge in [0.05, 0.1) is 16.7 Å². The Labute approximate surface area is 140 Å². The normalized spacial score (nSPS) is 11.0. The third kappa shape index (κ3) is 3.10. The maximum Gasteiger partial charge on any atom is 0.269 e. The van der Waals surface area contributed by atoms with Crippen LogP contribution < -0.4 is 0 Å². The third-order valence-electron chi connectivity index (χ3n) is 3.19. The monoisotopic (exact) mass is 343 g/mol. The van der Waals surface area contributed by atoms with Crippen LogP contribution in [0.15, 0.2) is 53.6 Å². The molecule has 9 heteroatoms. The molecule has 2 aromatic carbocycles. The highest BCUT2D eigenvalue weighted by atomic mass is 32.1. The van der Waals surface area contributed by atoms with Crippen LogP contribution in [-0.2, 0) is 0 Å². The zero-order chi connectivity index (χ0) is 17.1. The summed E-state index contributed by atoms with van der Waals surface area (Å²) in [4.78, 5) is 10.2. The smallest absolute Gasteiger partial charge is 0.258 e. The molecule has 0 saturated carbocycles. The first-order chi connectivity index (χ1) is 11.6. The van der Waals surface area contributed by atoms with Crippen molar-refractivity contribution < 1.29 is 9.31 Å². The van der Waals surface area contributed by atoms with Crippen LogP contribution in [0.4, 0.5) is 10.1 Å². The summed E-state index contributed by atoms with van der Waals surface area (Å²) in [6.07, 6.45) is 1.46. The number of aromatic amines is 1. The maximum absolute atomic E-state index is 13.9. The lowest BCUT2D eigenvalue weighted by Crippen LogP contribution is -1.97. The van der Waals surface area contributed by atoms with Crippen molar-refractivity contribution in [1.29, 1.82) is 0 Å². The zero-order valence-electron chi connectivity index (χ0n) is 12.1. The number of rotatable bonds is 4. The number of halogens is 1. The van der Waals surface area contributed by atoms with E-state index in [1.165, 1.54) is 29.1 Å². The number of hydrogen-bond donors (Lipinski definition) is 1. The average Bonchev–Trinajstić information content (AvgIpc) is 2.94. The molecule has 0 spiro atoms. The molecule has 1 aromatic heterocycles. The lowest BCUT2D eigenvalue weighted by Gasteiger charge is -2.02. The van der Waals surface area contributed by atoms with Crippen LogP contribution in [0.2, 0.25) is 0 Å². The minimum atomic E-state index is -0.483. The number of non-ortho nitro benzene ring substituents is 1. The summed E-state index contributed by atoms with van der Waals surface area (Å²) in [5.74, 6) is -0.213. The van der Waals surface area contributed by atoms with Crippen molar-refractivity contribution in [2.45, 2.75) is 0 Å². The van der Waals surface area contributed by atoms with Gasteiger partial charge in [-0.1, -0.05) is 12.1 Å². The van der Waals surface area contributed by atoms with Crippen LogP contribution in [0.25, 0.3) is 11.4 Å². The molecule has 1 N–H and O–H groups in total. The Morgan fingerprint density at radius 2 is 1.96 bits per heavy atom. The Kier molecular flexibility index (Phi) is 4.25. The Morgan fingerprint density at radius 1 is 1.25 bits per heavy atom. The number of nitrogens with zero attached hydrogens (tertiary/aromatic N) is 4. The first kappa shape index (κ1) is 15.7. The molecule has 120 valence electrons. The zero-order valence-corrected chi connectivity index (χ0v) is 12.9. The summed E-state index contributed by atoms with van der Waals surface area (Å²) in [5.41, 5.74) is 0.869. The number of H-pyrrole nitrogens is 1. The van der Waals surface area contributed by atoms with Gasteiger partial charge in [0, 0.05) is 12.1 Å². The molecule has 0 aliphatic heterocycles. The van der Waals surface area contributed by atoms with E-state index >= 15 is 0 Å². The van der Waals surface area contributed by atoms with E-state index in [2.05, 4.69) is 15.3 Å². The van der Waals surface area contributed by atoms with Gasteiger partial charge in [-0.15, -0.1) is 0 Å². The number of nitro groups is 1. The summed E-state index contributed by atoms with van der Waals surface area (Å²) in [6, 6.07) is 12.0. The van der Waals surface area contributed by atoms with Gasteiger partial charge < -0.3 is 0 Å². The predicted octanol–water partition coefficient (Wildman–Crippen LogP) is 3.54. The molecule has 0 aliphatic carbocycles. The fourth-order valence-corrected chi connectivity index (χ4v) is 2.20. The first-order valence-electron chi connectivity index (χ1n) is 6.77. The molecule has 0 bridgehead atoms. The highest BCUT2D eigenvalue weighted by molar-refractivity contribution is 7.71. The van der Waals surface area contributed by atoms with Crippen molar-refractivity contribution in [1.82, 2.24) is 14.9 Å². The molecule has 24 heavy (non-hydrogen) atoms. The number of nitro benzene ring substituents is 1. The topological polar surface area (TPSA) is 89.1 Å². The Hall–Kier alpha value is -3.20. The summed E-state index contributed by atoms with van der Waals surface area (Å²) >= 11 is 5.11. The van der Waals surface area contributed by atoms with Crippen LogP contribution in [0.1, 0.15) is 5.56 Å². The molecule has 0 amide bonds. The van der Waals surface area contributed by atoms with E-state index in [9.17, 15) is 14.5 Å². The maximum atomic E-state index is 13.9. The average molecular weight is 343 g/mol. The molecule has 0 fully saturated rings. The van der Waals surface area contributed by atoms with Crippen LogP contribution in [-0.4, -0.2) is 26.0 Å². The van der Waals surface area contributed by atoms with Gasteiger partial charge in [0.1, 0.15) is 5.82 Å². The van der Waals surface area contributed by atoms with Crippen molar-refractivity contribution in [2.75, 3.05) is 0 Å². The fourth-order valence-electron chi connectivity index (χ4n) is 2.02. The molecular weight excluding hydrogens is 333 g/mol. The number of hydrogen-bond acceptors (Lipinski definition) is 5. The fraction of sp³-hybridized carbons (Fsp3) is 0. The van der Waals surface area contributed by atoms with Gasteiger partial charge in [0.15, 0.2) is 5.82 Å².